The summed E-state index contributed by atoms with van der Waals surface area (Å²) in [4.78, 5) is 8.45. The zero-order chi connectivity index (χ0) is 11.9. The van der Waals surface area contributed by atoms with Crippen LogP contribution < -0.4 is 10.6 Å². The first-order valence-electron chi connectivity index (χ1n) is 5.83. The molecule has 2 N–H and O–H groups in total. The van der Waals surface area contributed by atoms with E-state index in [1.54, 1.807) is 4.52 Å². The highest BCUT2D eigenvalue weighted by Gasteiger charge is 2.29. The van der Waals surface area contributed by atoms with E-state index in [1.165, 1.54) is 6.33 Å². The Hall–Kier alpha value is -1.69. The minimum Gasteiger partial charge on any atom is -0.363 e. The fourth-order valence-corrected chi connectivity index (χ4v) is 2.25. The normalized spacial score (nSPS) is 24.4. The Balaban J connectivity index is 2.01. The van der Waals surface area contributed by atoms with Gasteiger partial charge in [0.15, 0.2) is 0 Å². The molecule has 6 heteroatoms. The van der Waals surface area contributed by atoms with Gasteiger partial charge in [0, 0.05) is 23.8 Å². The predicted octanol–water partition coefficient (Wildman–Crippen LogP) is 0.597. The van der Waals surface area contributed by atoms with Crippen molar-refractivity contribution in [3.05, 3.63) is 18.1 Å². The van der Waals surface area contributed by atoms with Gasteiger partial charge >= 0.3 is 0 Å². The van der Waals surface area contributed by atoms with Gasteiger partial charge in [-0.3, -0.25) is 0 Å². The quantitative estimate of drug-likeness (QED) is 0.793. The predicted molar refractivity (Wildman–Crippen MR) is 65.0 cm³/mol. The van der Waals surface area contributed by atoms with Gasteiger partial charge in [-0.1, -0.05) is 0 Å². The first-order valence-corrected chi connectivity index (χ1v) is 5.83. The number of nitrogens with zero attached hydrogens (tertiary/aromatic N) is 4. The van der Waals surface area contributed by atoms with Crippen LogP contribution in [0, 0.1) is 6.92 Å². The summed E-state index contributed by atoms with van der Waals surface area (Å²) in [7, 11) is 0. The first kappa shape index (κ1) is 10.5. The number of aryl methyl sites for hydroxylation is 1. The molecular formula is C11H16N6. The molecule has 0 bridgehead atoms. The number of hydrogen-bond donors (Lipinski definition) is 2. The average molecular weight is 232 g/mol. The van der Waals surface area contributed by atoms with Crippen molar-refractivity contribution in [1.82, 2.24) is 24.9 Å². The van der Waals surface area contributed by atoms with Crippen LogP contribution in [0.3, 0.4) is 0 Å². The molecule has 0 saturated carbocycles. The smallest absolute Gasteiger partial charge is 0.254 e. The van der Waals surface area contributed by atoms with E-state index in [-0.39, 0.29) is 5.54 Å². The van der Waals surface area contributed by atoms with Crippen molar-refractivity contribution in [2.45, 2.75) is 25.8 Å². The summed E-state index contributed by atoms with van der Waals surface area (Å²) in [5.74, 6) is 1.60. The van der Waals surface area contributed by atoms with Gasteiger partial charge in [-0.25, -0.2) is 4.98 Å². The lowest BCUT2D eigenvalue weighted by atomic mass is 10.0. The van der Waals surface area contributed by atoms with Gasteiger partial charge in [0.25, 0.3) is 5.78 Å². The molecule has 1 atom stereocenters. The summed E-state index contributed by atoms with van der Waals surface area (Å²) in [6.45, 7) is 6.19. The summed E-state index contributed by atoms with van der Waals surface area (Å²) in [6, 6.07) is 2.01. The first-order chi connectivity index (χ1) is 8.16. The van der Waals surface area contributed by atoms with Crippen LogP contribution in [0.1, 0.15) is 19.0 Å². The third kappa shape index (κ3) is 1.84. The van der Waals surface area contributed by atoms with E-state index in [0.717, 1.165) is 31.0 Å². The fourth-order valence-electron chi connectivity index (χ4n) is 2.25. The standard InChI is InChI=1S/C11H16N6/c1-8-5-9(16-11(2)3-4-12-6-11)17-10(15-8)13-7-14-17/h5,7,12,16H,3-4,6H2,1-2H3. The molecule has 1 aliphatic heterocycles. The largest absolute Gasteiger partial charge is 0.363 e. The SMILES string of the molecule is Cc1cc(NC2(C)CCNC2)n2ncnc2n1. The Morgan fingerprint density at radius 1 is 1.53 bits per heavy atom. The zero-order valence-corrected chi connectivity index (χ0v) is 10.1. The van der Waals surface area contributed by atoms with Gasteiger partial charge in [-0.15, -0.1) is 0 Å². The van der Waals surface area contributed by atoms with E-state index < -0.39 is 0 Å². The lowest BCUT2D eigenvalue weighted by Gasteiger charge is -2.25. The van der Waals surface area contributed by atoms with Crippen LogP contribution >= 0.6 is 0 Å². The Morgan fingerprint density at radius 3 is 3.18 bits per heavy atom. The van der Waals surface area contributed by atoms with Crippen LogP contribution in [0.2, 0.25) is 0 Å². The highest BCUT2D eigenvalue weighted by Crippen LogP contribution is 2.21. The van der Waals surface area contributed by atoms with E-state index in [2.05, 4.69) is 32.6 Å². The number of anilines is 1. The summed E-state index contributed by atoms with van der Waals surface area (Å²) in [5.41, 5.74) is 1.02. The second-order valence-corrected chi connectivity index (χ2v) is 4.87. The molecule has 3 rings (SSSR count). The maximum atomic E-state index is 4.33. The molecule has 6 nitrogen and oxygen atoms in total. The molecule has 0 aliphatic carbocycles. The second kappa shape index (κ2) is 3.66. The van der Waals surface area contributed by atoms with Crippen LogP contribution in [0.4, 0.5) is 5.82 Å². The Morgan fingerprint density at radius 2 is 2.41 bits per heavy atom. The number of fused-ring (bicyclic) bond motifs is 1. The Labute approximate surface area is 99.5 Å². The van der Waals surface area contributed by atoms with Crippen molar-refractivity contribution in [2.75, 3.05) is 18.4 Å². The molecule has 1 fully saturated rings. The molecule has 3 heterocycles. The van der Waals surface area contributed by atoms with Crippen LogP contribution in [0.15, 0.2) is 12.4 Å². The van der Waals surface area contributed by atoms with Crippen molar-refractivity contribution in [3.8, 4) is 0 Å². The van der Waals surface area contributed by atoms with Crippen molar-refractivity contribution in [2.24, 2.45) is 0 Å². The lowest BCUT2D eigenvalue weighted by Crippen LogP contribution is -2.37. The molecule has 2 aromatic rings. The third-order valence-corrected chi connectivity index (χ3v) is 3.18. The van der Waals surface area contributed by atoms with E-state index in [9.17, 15) is 0 Å². The van der Waals surface area contributed by atoms with Gasteiger partial charge in [0.1, 0.15) is 12.1 Å². The van der Waals surface area contributed by atoms with Crippen LogP contribution in [0.5, 0.6) is 0 Å². The van der Waals surface area contributed by atoms with Crippen molar-refractivity contribution in [1.29, 1.82) is 0 Å². The number of nitrogens with one attached hydrogen (secondary N) is 2. The molecule has 17 heavy (non-hydrogen) atoms. The maximum Gasteiger partial charge on any atom is 0.254 e. The third-order valence-electron chi connectivity index (χ3n) is 3.18. The monoisotopic (exact) mass is 232 g/mol. The summed E-state index contributed by atoms with van der Waals surface area (Å²) < 4.78 is 1.75. The Bertz CT molecular complexity index is 540. The van der Waals surface area contributed by atoms with E-state index in [0.29, 0.717) is 5.78 Å². The van der Waals surface area contributed by atoms with Gasteiger partial charge in [-0.05, 0) is 26.8 Å². The molecule has 0 aromatic carbocycles. The molecule has 2 aromatic heterocycles. The van der Waals surface area contributed by atoms with Crippen molar-refractivity contribution >= 4 is 11.6 Å². The second-order valence-electron chi connectivity index (χ2n) is 4.87. The molecule has 90 valence electrons. The van der Waals surface area contributed by atoms with Gasteiger partial charge < -0.3 is 10.6 Å². The van der Waals surface area contributed by atoms with Gasteiger partial charge in [0.05, 0.1) is 0 Å². The summed E-state index contributed by atoms with van der Waals surface area (Å²) >= 11 is 0. The minimum atomic E-state index is 0.0761. The molecule has 1 saturated heterocycles. The highest BCUT2D eigenvalue weighted by molar-refractivity contribution is 5.46. The zero-order valence-electron chi connectivity index (χ0n) is 10.1. The van der Waals surface area contributed by atoms with Gasteiger partial charge in [-0.2, -0.15) is 14.6 Å². The number of rotatable bonds is 2. The lowest BCUT2D eigenvalue weighted by molar-refractivity contribution is 0.561. The maximum absolute atomic E-state index is 4.33. The Kier molecular flexibility index (Phi) is 2.25. The van der Waals surface area contributed by atoms with E-state index >= 15 is 0 Å². The number of aromatic nitrogens is 4. The van der Waals surface area contributed by atoms with E-state index in [1.807, 2.05) is 13.0 Å². The molecule has 1 unspecified atom stereocenters. The van der Waals surface area contributed by atoms with Gasteiger partial charge in [0.2, 0.25) is 0 Å². The molecule has 1 aliphatic rings. The van der Waals surface area contributed by atoms with Crippen LogP contribution in [0.25, 0.3) is 5.78 Å². The van der Waals surface area contributed by atoms with Crippen molar-refractivity contribution < 1.29 is 0 Å². The fraction of sp³-hybridized carbons (Fsp3) is 0.545. The molecule has 0 amide bonds. The van der Waals surface area contributed by atoms with Crippen LogP contribution in [-0.2, 0) is 0 Å². The highest BCUT2D eigenvalue weighted by atomic mass is 15.4. The molecule has 0 spiro atoms. The topological polar surface area (TPSA) is 67.1 Å². The molecular weight excluding hydrogens is 216 g/mol. The average Bonchev–Trinajstić information content (AvgIpc) is 2.86. The minimum absolute atomic E-state index is 0.0761. The van der Waals surface area contributed by atoms with E-state index in [4.69, 9.17) is 0 Å². The van der Waals surface area contributed by atoms with Crippen LogP contribution in [-0.4, -0.2) is 38.2 Å². The molecule has 0 radical (unpaired) electrons. The van der Waals surface area contributed by atoms with Crippen molar-refractivity contribution in [3.63, 3.8) is 0 Å². The summed E-state index contributed by atoms with van der Waals surface area (Å²) in [6.07, 6.45) is 2.63. The summed E-state index contributed by atoms with van der Waals surface area (Å²) in [5, 5.41) is 11.1. The number of hydrogen-bond acceptors (Lipinski definition) is 5.